The molecule has 4 nitrogen and oxygen atoms in total. The van der Waals surface area contributed by atoms with Crippen molar-refractivity contribution in [2.75, 3.05) is 0 Å². The van der Waals surface area contributed by atoms with Crippen molar-refractivity contribution in [2.45, 2.75) is 40.0 Å². The molecule has 0 aliphatic carbocycles. The second-order valence-corrected chi connectivity index (χ2v) is 4.43. The van der Waals surface area contributed by atoms with Crippen LogP contribution in [0.2, 0.25) is 0 Å². The van der Waals surface area contributed by atoms with Crippen LogP contribution in [0.5, 0.6) is 0 Å². The maximum Gasteiger partial charge on any atom is 0.309 e. The Balaban J connectivity index is 3.99. The molecule has 0 rings (SSSR count). The van der Waals surface area contributed by atoms with Crippen LogP contribution in [0.25, 0.3) is 0 Å². The molecule has 0 aromatic rings. The smallest absolute Gasteiger partial charge is 0.309 e. The fourth-order valence-corrected chi connectivity index (χ4v) is 1.43. The van der Waals surface area contributed by atoms with Crippen LogP contribution >= 0.6 is 0 Å². The highest BCUT2D eigenvalue weighted by Gasteiger charge is 2.29. The number of aliphatic carboxylic acids is 2. The third-order valence-electron chi connectivity index (χ3n) is 2.29. The molecule has 0 aromatic heterocycles. The minimum atomic E-state index is -0.834. The first kappa shape index (κ1) is 12.9. The molecule has 0 aliphatic rings. The molecule has 0 fully saturated rings. The number of hydrogen-bond donors (Lipinski definition) is 2. The Morgan fingerprint density at radius 1 is 1.29 bits per heavy atom. The third-order valence-corrected chi connectivity index (χ3v) is 2.29. The fraction of sp³-hybridized carbons (Fsp3) is 0.800. The number of carbonyl (C=O) groups is 2. The van der Waals surface area contributed by atoms with E-state index in [-0.39, 0.29) is 12.3 Å². The number of carboxylic acid groups (broad SMARTS) is 2. The summed E-state index contributed by atoms with van der Waals surface area (Å²) in [4.78, 5) is 21.1. The van der Waals surface area contributed by atoms with Crippen molar-refractivity contribution in [2.24, 2.45) is 11.3 Å². The third kappa shape index (κ3) is 4.84. The first-order valence-electron chi connectivity index (χ1n) is 4.71. The molecule has 14 heavy (non-hydrogen) atoms. The SMILES string of the molecule is CC(CCC(=O)O)CC(C)(C)C(=O)O. The van der Waals surface area contributed by atoms with Crippen molar-refractivity contribution in [3.63, 3.8) is 0 Å². The van der Waals surface area contributed by atoms with Gasteiger partial charge in [0.25, 0.3) is 0 Å². The van der Waals surface area contributed by atoms with E-state index < -0.39 is 17.4 Å². The van der Waals surface area contributed by atoms with Crippen LogP contribution in [0, 0.1) is 11.3 Å². The van der Waals surface area contributed by atoms with E-state index in [2.05, 4.69) is 0 Å². The molecule has 2 N–H and O–H groups in total. The second kappa shape index (κ2) is 4.98. The Kier molecular flexibility index (Phi) is 4.60. The van der Waals surface area contributed by atoms with Gasteiger partial charge in [-0.3, -0.25) is 9.59 Å². The number of carboxylic acids is 2. The molecular weight excluding hydrogens is 184 g/mol. The van der Waals surface area contributed by atoms with Gasteiger partial charge in [0, 0.05) is 6.42 Å². The highest BCUT2D eigenvalue weighted by atomic mass is 16.4. The fourth-order valence-electron chi connectivity index (χ4n) is 1.43. The van der Waals surface area contributed by atoms with Gasteiger partial charge < -0.3 is 10.2 Å². The maximum atomic E-state index is 10.8. The molecule has 0 heterocycles. The van der Waals surface area contributed by atoms with E-state index in [1.807, 2.05) is 6.92 Å². The van der Waals surface area contributed by atoms with E-state index in [0.717, 1.165) is 0 Å². The molecule has 0 bridgehead atoms. The van der Waals surface area contributed by atoms with E-state index in [9.17, 15) is 9.59 Å². The molecule has 0 aliphatic heterocycles. The highest BCUT2D eigenvalue weighted by Crippen LogP contribution is 2.27. The minimum Gasteiger partial charge on any atom is -0.481 e. The lowest BCUT2D eigenvalue weighted by Gasteiger charge is -2.22. The van der Waals surface area contributed by atoms with Crippen LogP contribution in [-0.4, -0.2) is 22.2 Å². The van der Waals surface area contributed by atoms with Crippen LogP contribution in [0.15, 0.2) is 0 Å². The summed E-state index contributed by atoms with van der Waals surface area (Å²) in [5.74, 6) is -1.54. The summed E-state index contributed by atoms with van der Waals surface area (Å²) >= 11 is 0. The molecule has 0 aromatic carbocycles. The lowest BCUT2D eigenvalue weighted by molar-refractivity contribution is -0.147. The number of rotatable bonds is 6. The van der Waals surface area contributed by atoms with Gasteiger partial charge >= 0.3 is 11.9 Å². The van der Waals surface area contributed by atoms with Crippen LogP contribution in [0.3, 0.4) is 0 Å². The molecule has 1 atom stereocenters. The lowest BCUT2D eigenvalue weighted by atomic mass is 9.82. The molecule has 0 amide bonds. The van der Waals surface area contributed by atoms with Gasteiger partial charge in [0.05, 0.1) is 5.41 Å². The summed E-state index contributed by atoms with van der Waals surface area (Å²) in [5.41, 5.74) is -0.766. The standard InChI is InChI=1S/C10H18O4/c1-7(4-5-8(11)12)6-10(2,3)9(13)14/h7H,4-6H2,1-3H3,(H,11,12)(H,13,14). The molecule has 0 spiro atoms. The van der Waals surface area contributed by atoms with Crippen molar-refractivity contribution in [3.05, 3.63) is 0 Å². The largest absolute Gasteiger partial charge is 0.481 e. The zero-order valence-electron chi connectivity index (χ0n) is 8.91. The van der Waals surface area contributed by atoms with E-state index in [4.69, 9.17) is 10.2 Å². The van der Waals surface area contributed by atoms with E-state index in [0.29, 0.717) is 12.8 Å². The van der Waals surface area contributed by atoms with Crippen molar-refractivity contribution in [1.29, 1.82) is 0 Å². The van der Waals surface area contributed by atoms with E-state index in [1.54, 1.807) is 13.8 Å². The summed E-state index contributed by atoms with van der Waals surface area (Å²) < 4.78 is 0. The van der Waals surface area contributed by atoms with Gasteiger partial charge in [-0.1, -0.05) is 6.92 Å². The minimum absolute atomic E-state index is 0.108. The zero-order chi connectivity index (χ0) is 11.4. The summed E-state index contributed by atoms with van der Waals surface area (Å²) in [5, 5.41) is 17.3. The zero-order valence-corrected chi connectivity index (χ0v) is 8.91. The van der Waals surface area contributed by atoms with Crippen LogP contribution in [0.1, 0.15) is 40.0 Å². The predicted octanol–water partition coefficient (Wildman–Crippen LogP) is 1.99. The van der Waals surface area contributed by atoms with Crippen molar-refractivity contribution in [1.82, 2.24) is 0 Å². The van der Waals surface area contributed by atoms with Crippen molar-refractivity contribution < 1.29 is 19.8 Å². The molecule has 0 saturated carbocycles. The van der Waals surface area contributed by atoms with Gasteiger partial charge in [0.15, 0.2) is 0 Å². The van der Waals surface area contributed by atoms with E-state index in [1.165, 1.54) is 0 Å². The van der Waals surface area contributed by atoms with Crippen molar-refractivity contribution in [3.8, 4) is 0 Å². The average molecular weight is 202 g/mol. The summed E-state index contributed by atoms with van der Waals surface area (Å²) in [6.45, 7) is 5.20. The van der Waals surface area contributed by atoms with Crippen LogP contribution in [-0.2, 0) is 9.59 Å². The Labute approximate surface area is 83.9 Å². The Morgan fingerprint density at radius 3 is 2.14 bits per heavy atom. The topological polar surface area (TPSA) is 74.6 Å². The summed E-state index contributed by atoms with van der Waals surface area (Å²) in [6, 6.07) is 0. The van der Waals surface area contributed by atoms with Gasteiger partial charge in [0.1, 0.15) is 0 Å². The molecular formula is C10H18O4. The Bertz CT molecular complexity index is 220. The average Bonchev–Trinajstić information content (AvgIpc) is 1.99. The predicted molar refractivity (Wildman–Crippen MR) is 52.1 cm³/mol. The van der Waals surface area contributed by atoms with Crippen LogP contribution in [0.4, 0.5) is 0 Å². The lowest BCUT2D eigenvalue weighted by Crippen LogP contribution is -2.26. The first-order valence-corrected chi connectivity index (χ1v) is 4.71. The first-order chi connectivity index (χ1) is 6.25. The summed E-state index contributed by atoms with van der Waals surface area (Å²) in [6.07, 6.45) is 1.15. The monoisotopic (exact) mass is 202 g/mol. The van der Waals surface area contributed by atoms with Gasteiger partial charge in [-0.05, 0) is 32.6 Å². The van der Waals surface area contributed by atoms with Gasteiger partial charge in [-0.15, -0.1) is 0 Å². The second-order valence-electron chi connectivity index (χ2n) is 4.43. The molecule has 0 radical (unpaired) electrons. The summed E-state index contributed by atoms with van der Waals surface area (Å²) in [7, 11) is 0. The Hall–Kier alpha value is -1.06. The Morgan fingerprint density at radius 2 is 1.79 bits per heavy atom. The quantitative estimate of drug-likeness (QED) is 0.690. The normalized spacial score (nSPS) is 13.6. The maximum absolute atomic E-state index is 10.8. The van der Waals surface area contributed by atoms with E-state index >= 15 is 0 Å². The number of hydrogen-bond acceptors (Lipinski definition) is 2. The molecule has 1 unspecified atom stereocenters. The van der Waals surface area contributed by atoms with Gasteiger partial charge in [-0.25, -0.2) is 0 Å². The van der Waals surface area contributed by atoms with Gasteiger partial charge in [0.2, 0.25) is 0 Å². The molecule has 82 valence electrons. The molecule has 0 saturated heterocycles. The van der Waals surface area contributed by atoms with Crippen LogP contribution < -0.4 is 0 Å². The molecule has 4 heteroatoms. The van der Waals surface area contributed by atoms with Gasteiger partial charge in [-0.2, -0.15) is 0 Å². The van der Waals surface area contributed by atoms with Crippen molar-refractivity contribution >= 4 is 11.9 Å². The highest BCUT2D eigenvalue weighted by molar-refractivity contribution is 5.73.